The van der Waals surface area contributed by atoms with E-state index in [9.17, 15) is 9.59 Å². The fraction of sp³-hybridized carbons (Fsp3) is 0.565. The maximum atomic E-state index is 13.0. The van der Waals surface area contributed by atoms with Gasteiger partial charge >= 0.3 is 5.69 Å². The Morgan fingerprint density at radius 1 is 0.935 bits per heavy atom. The summed E-state index contributed by atoms with van der Waals surface area (Å²) in [6.45, 7) is 12.7. The van der Waals surface area contributed by atoms with Gasteiger partial charge in [-0.1, -0.05) is 11.6 Å². The van der Waals surface area contributed by atoms with Crippen molar-refractivity contribution in [2.75, 3.05) is 44.2 Å². The fourth-order valence-corrected chi connectivity index (χ4v) is 4.10. The summed E-state index contributed by atoms with van der Waals surface area (Å²) in [6.07, 6.45) is 0.934. The minimum atomic E-state index is -0.228. The number of hydrogen-bond donors (Lipinski definition) is 0. The zero-order chi connectivity index (χ0) is 22.5. The van der Waals surface area contributed by atoms with Gasteiger partial charge < -0.3 is 9.64 Å². The number of aromatic nitrogens is 2. The number of hydrogen-bond acceptors (Lipinski definition) is 5. The average molecular weight is 449 g/mol. The summed E-state index contributed by atoms with van der Waals surface area (Å²) in [5.74, 6) is 1.56. The first kappa shape index (κ1) is 23.4. The third-order valence-corrected chi connectivity index (χ3v) is 5.83. The van der Waals surface area contributed by atoms with Gasteiger partial charge in [0.15, 0.2) is 0 Å². The molecule has 8 heteroatoms. The number of anilines is 1. The standard InChI is InChI=1S/C23H33ClN4O3/c1-17(2)27-21(16-22(29)28(18(3)4)23(27)30)26-13-11-25(12-14-26)10-5-15-31-20-8-6-19(24)7-9-20/h6-9,16-18H,5,10-15H2,1-4H3. The predicted octanol–water partition coefficient (Wildman–Crippen LogP) is 3.42. The molecule has 1 aliphatic rings. The average Bonchev–Trinajstić information content (AvgIpc) is 2.72. The van der Waals surface area contributed by atoms with Crippen molar-refractivity contribution in [2.45, 2.75) is 46.2 Å². The van der Waals surface area contributed by atoms with E-state index >= 15 is 0 Å². The van der Waals surface area contributed by atoms with Crippen LogP contribution in [0.15, 0.2) is 39.9 Å². The van der Waals surface area contributed by atoms with Gasteiger partial charge in [0.25, 0.3) is 5.56 Å². The second-order valence-corrected chi connectivity index (χ2v) is 8.97. The van der Waals surface area contributed by atoms with Crippen molar-refractivity contribution in [1.29, 1.82) is 0 Å². The van der Waals surface area contributed by atoms with Crippen molar-refractivity contribution in [3.63, 3.8) is 0 Å². The molecule has 1 aliphatic heterocycles. The van der Waals surface area contributed by atoms with Crippen LogP contribution in [-0.2, 0) is 0 Å². The molecule has 1 aromatic carbocycles. The highest BCUT2D eigenvalue weighted by Crippen LogP contribution is 2.19. The van der Waals surface area contributed by atoms with E-state index in [0.29, 0.717) is 11.6 Å². The van der Waals surface area contributed by atoms with Crippen molar-refractivity contribution in [1.82, 2.24) is 14.0 Å². The van der Waals surface area contributed by atoms with Crippen LogP contribution in [0, 0.1) is 0 Å². The highest BCUT2D eigenvalue weighted by Gasteiger charge is 2.23. The van der Waals surface area contributed by atoms with Crippen molar-refractivity contribution >= 4 is 17.4 Å². The van der Waals surface area contributed by atoms with Gasteiger partial charge in [-0.25, -0.2) is 4.79 Å². The molecule has 0 radical (unpaired) electrons. The first-order chi connectivity index (χ1) is 14.8. The Morgan fingerprint density at radius 2 is 1.55 bits per heavy atom. The molecule has 2 heterocycles. The van der Waals surface area contributed by atoms with Crippen LogP contribution in [0.1, 0.15) is 46.2 Å². The number of piperazine rings is 1. The third kappa shape index (κ3) is 5.71. The van der Waals surface area contributed by atoms with E-state index in [4.69, 9.17) is 16.3 Å². The summed E-state index contributed by atoms with van der Waals surface area (Å²) < 4.78 is 8.85. The highest BCUT2D eigenvalue weighted by molar-refractivity contribution is 6.30. The molecule has 2 aromatic rings. The number of ether oxygens (including phenoxy) is 1. The van der Waals surface area contributed by atoms with E-state index < -0.39 is 0 Å². The van der Waals surface area contributed by atoms with Gasteiger partial charge in [0, 0.05) is 55.9 Å². The molecule has 170 valence electrons. The molecule has 0 spiro atoms. The molecule has 1 saturated heterocycles. The van der Waals surface area contributed by atoms with E-state index in [2.05, 4.69) is 9.80 Å². The molecular formula is C23H33ClN4O3. The minimum Gasteiger partial charge on any atom is -0.494 e. The van der Waals surface area contributed by atoms with Crippen LogP contribution in [-0.4, -0.2) is 53.4 Å². The van der Waals surface area contributed by atoms with Gasteiger partial charge in [-0.05, 0) is 58.4 Å². The molecule has 3 rings (SSSR count). The Hall–Kier alpha value is -2.25. The normalized spacial score (nSPS) is 15.1. The van der Waals surface area contributed by atoms with E-state index in [0.717, 1.165) is 50.7 Å². The molecule has 1 fully saturated rings. The highest BCUT2D eigenvalue weighted by atomic mass is 35.5. The number of benzene rings is 1. The van der Waals surface area contributed by atoms with Crippen LogP contribution in [0.2, 0.25) is 5.02 Å². The van der Waals surface area contributed by atoms with Crippen molar-refractivity contribution in [3.05, 3.63) is 56.2 Å². The van der Waals surface area contributed by atoms with Gasteiger partial charge in [-0.15, -0.1) is 0 Å². The minimum absolute atomic E-state index is 0.0175. The lowest BCUT2D eigenvalue weighted by atomic mass is 10.2. The Morgan fingerprint density at radius 3 is 2.13 bits per heavy atom. The van der Waals surface area contributed by atoms with Crippen molar-refractivity contribution < 1.29 is 4.74 Å². The summed E-state index contributed by atoms with van der Waals surface area (Å²) in [7, 11) is 0. The van der Waals surface area contributed by atoms with Gasteiger partial charge in [0.1, 0.15) is 11.6 Å². The lowest BCUT2D eigenvalue weighted by Crippen LogP contribution is -2.50. The summed E-state index contributed by atoms with van der Waals surface area (Å²) >= 11 is 5.89. The number of nitrogens with zero attached hydrogens (tertiary/aromatic N) is 4. The van der Waals surface area contributed by atoms with E-state index in [-0.39, 0.29) is 23.3 Å². The van der Waals surface area contributed by atoms with E-state index in [1.165, 1.54) is 4.57 Å². The topological polar surface area (TPSA) is 59.7 Å². The first-order valence-corrected chi connectivity index (χ1v) is 11.4. The van der Waals surface area contributed by atoms with Crippen LogP contribution < -0.4 is 20.9 Å². The van der Waals surface area contributed by atoms with Gasteiger partial charge in [-0.3, -0.25) is 18.8 Å². The zero-order valence-corrected chi connectivity index (χ0v) is 19.6. The van der Waals surface area contributed by atoms with Gasteiger partial charge in [-0.2, -0.15) is 0 Å². The number of rotatable bonds is 8. The van der Waals surface area contributed by atoms with Crippen LogP contribution in [0.5, 0.6) is 5.75 Å². The van der Waals surface area contributed by atoms with E-state index in [1.54, 1.807) is 10.6 Å². The Balaban J connectivity index is 1.57. The summed E-state index contributed by atoms with van der Waals surface area (Å²) in [5, 5.41) is 0.703. The van der Waals surface area contributed by atoms with E-state index in [1.807, 2.05) is 52.0 Å². The van der Waals surface area contributed by atoms with Crippen LogP contribution >= 0.6 is 11.6 Å². The van der Waals surface area contributed by atoms with Crippen LogP contribution in [0.4, 0.5) is 5.82 Å². The third-order valence-electron chi connectivity index (χ3n) is 5.58. The first-order valence-electron chi connectivity index (χ1n) is 11.0. The molecule has 0 N–H and O–H groups in total. The number of halogens is 1. The Kier molecular flexibility index (Phi) is 7.84. The molecule has 0 unspecified atom stereocenters. The lowest BCUT2D eigenvalue weighted by Gasteiger charge is -2.37. The molecule has 0 amide bonds. The largest absolute Gasteiger partial charge is 0.494 e. The van der Waals surface area contributed by atoms with Crippen LogP contribution in [0.3, 0.4) is 0 Å². The quantitative estimate of drug-likeness (QED) is 0.579. The molecule has 0 atom stereocenters. The maximum Gasteiger partial charge on any atom is 0.333 e. The summed E-state index contributed by atoms with van der Waals surface area (Å²) in [6, 6.07) is 8.85. The van der Waals surface area contributed by atoms with Crippen LogP contribution in [0.25, 0.3) is 0 Å². The van der Waals surface area contributed by atoms with Gasteiger partial charge in [0.2, 0.25) is 0 Å². The second-order valence-electron chi connectivity index (χ2n) is 8.54. The molecule has 0 saturated carbocycles. The predicted molar refractivity (Wildman–Crippen MR) is 126 cm³/mol. The monoisotopic (exact) mass is 448 g/mol. The Bertz CT molecular complexity index is 974. The SMILES string of the molecule is CC(C)n1c(N2CCN(CCCOc3ccc(Cl)cc3)CC2)cc(=O)n(C(C)C)c1=O. The summed E-state index contributed by atoms with van der Waals surface area (Å²) in [4.78, 5) is 30.1. The molecule has 31 heavy (non-hydrogen) atoms. The molecular weight excluding hydrogens is 416 g/mol. The molecule has 7 nitrogen and oxygen atoms in total. The molecule has 1 aromatic heterocycles. The maximum absolute atomic E-state index is 13.0. The second kappa shape index (κ2) is 10.4. The fourth-order valence-electron chi connectivity index (χ4n) is 3.97. The smallest absolute Gasteiger partial charge is 0.333 e. The Labute approximate surface area is 188 Å². The van der Waals surface area contributed by atoms with Gasteiger partial charge in [0.05, 0.1) is 6.61 Å². The lowest BCUT2D eigenvalue weighted by molar-refractivity contribution is 0.223. The molecule has 0 bridgehead atoms. The van der Waals surface area contributed by atoms with Crippen molar-refractivity contribution in [3.8, 4) is 5.75 Å². The zero-order valence-electron chi connectivity index (χ0n) is 18.9. The summed E-state index contributed by atoms with van der Waals surface area (Å²) in [5.41, 5.74) is -0.456. The molecule has 0 aliphatic carbocycles. The van der Waals surface area contributed by atoms with Crippen molar-refractivity contribution in [2.24, 2.45) is 0 Å².